The molecule has 21 heteroatoms. The van der Waals surface area contributed by atoms with Crippen LogP contribution in [0.3, 0.4) is 0 Å². The summed E-state index contributed by atoms with van der Waals surface area (Å²) < 4.78 is 35.0. The Morgan fingerprint density at radius 1 is 0.843 bits per heavy atom. The zero-order valence-corrected chi connectivity index (χ0v) is 37.8. The average Bonchev–Trinajstić information content (AvgIpc) is 4.05. The zero-order chi connectivity index (χ0) is 48.5. The van der Waals surface area contributed by atoms with Crippen LogP contribution in [0.2, 0.25) is 0 Å². The van der Waals surface area contributed by atoms with E-state index in [0.29, 0.717) is 84.3 Å². The second-order valence-corrected chi connectivity index (χ2v) is 17.7. The second kappa shape index (κ2) is 19.5. The predicted molar refractivity (Wildman–Crippen MR) is 251 cm³/mol. The lowest BCUT2D eigenvalue weighted by Gasteiger charge is -2.36. The van der Waals surface area contributed by atoms with Gasteiger partial charge in [-0.05, 0) is 91.4 Å². The van der Waals surface area contributed by atoms with Crippen molar-refractivity contribution in [3.63, 3.8) is 0 Å². The van der Waals surface area contributed by atoms with Gasteiger partial charge in [0.15, 0.2) is 5.82 Å². The number of piperidine rings is 1. The summed E-state index contributed by atoms with van der Waals surface area (Å²) in [6.07, 6.45) is 3.80. The highest BCUT2D eigenvalue weighted by atomic mass is 19.1. The summed E-state index contributed by atoms with van der Waals surface area (Å²) in [5.41, 5.74) is 5.15. The number of hydrogen-bond acceptors (Lipinski definition) is 13. The van der Waals surface area contributed by atoms with Crippen LogP contribution in [0, 0.1) is 11.6 Å². The van der Waals surface area contributed by atoms with Gasteiger partial charge in [0.05, 0.1) is 41.5 Å². The van der Waals surface area contributed by atoms with Gasteiger partial charge in [-0.3, -0.25) is 48.8 Å². The molecule has 0 bridgehead atoms. The minimum Gasteiger partial charge on any atom is -0.381 e. The number of halogens is 2. The third-order valence-corrected chi connectivity index (χ3v) is 13.1. The van der Waals surface area contributed by atoms with Crippen LogP contribution in [-0.4, -0.2) is 122 Å². The fraction of sp³-hybridized carbons (Fsp3) is 0.327. The number of benzene rings is 4. The van der Waals surface area contributed by atoms with Crippen molar-refractivity contribution < 1.29 is 42.3 Å². The number of carbonyl (C=O) groups excluding carboxylic acids is 6. The van der Waals surface area contributed by atoms with Gasteiger partial charge < -0.3 is 30.5 Å². The first-order chi connectivity index (χ1) is 33.9. The lowest BCUT2D eigenvalue weighted by atomic mass is 10.0. The van der Waals surface area contributed by atoms with E-state index < -0.39 is 41.3 Å². The van der Waals surface area contributed by atoms with Crippen LogP contribution in [0.15, 0.2) is 79.0 Å². The van der Waals surface area contributed by atoms with E-state index in [1.165, 1.54) is 18.2 Å². The van der Waals surface area contributed by atoms with E-state index in [0.717, 1.165) is 35.1 Å². The lowest BCUT2D eigenvalue weighted by Crippen LogP contribution is -2.54. The van der Waals surface area contributed by atoms with E-state index in [4.69, 9.17) is 4.74 Å². The van der Waals surface area contributed by atoms with Crippen LogP contribution >= 0.6 is 0 Å². The van der Waals surface area contributed by atoms with Crippen LogP contribution in [0.25, 0.3) is 10.9 Å². The predicted octanol–water partition coefficient (Wildman–Crippen LogP) is 4.62. The maximum atomic E-state index is 14.0. The summed E-state index contributed by atoms with van der Waals surface area (Å²) in [7, 11) is 0. The van der Waals surface area contributed by atoms with Crippen LogP contribution in [0.1, 0.15) is 80.0 Å². The number of aromatic amines is 1. The molecular formula is C49H48F2N12O7. The molecule has 5 N–H and O–H groups in total. The maximum absolute atomic E-state index is 14.0. The number of amides is 6. The van der Waals surface area contributed by atoms with E-state index in [2.05, 4.69) is 46.7 Å². The molecule has 2 aromatic heterocycles. The van der Waals surface area contributed by atoms with E-state index in [1.807, 2.05) is 35.2 Å². The molecule has 6 amide bonds. The van der Waals surface area contributed by atoms with E-state index in [9.17, 15) is 37.5 Å². The first-order valence-corrected chi connectivity index (χ1v) is 23.2. The van der Waals surface area contributed by atoms with Crippen molar-refractivity contribution >= 4 is 69.2 Å². The van der Waals surface area contributed by atoms with Gasteiger partial charge in [-0.25, -0.2) is 8.78 Å². The molecule has 0 saturated carbocycles. The van der Waals surface area contributed by atoms with Crippen molar-refractivity contribution in [2.45, 2.75) is 63.7 Å². The van der Waals surface area contributed by atoms with Gasteiger partial charge in [0.2, 0.25) is 17.7 Å². The minimum absolute atomic E-state index is 0.0238. The second-order valence-electron chi connectivity index (χ2n) is 17.7. The van der Waals surface area contributed by atoms with Crippen molar-refractivity contribution in [1.29, 1.82) is 0 Å². The molecule has 6 aromatic rings. The normalized spacial score (nSPS) is 17.5. The Morgan fingerprint density at radius 3 is 2.43 bits per heavy atom. The Morgan fingerprint density at radius 2 is 1.64 bits per heavy atom. The standard InChI is InChI=1S/C49H48F2N12O7/c50-30-21-29(22-31(51)24-30)20-28-4-7-38-37(23-28)45(58-57-38)55-46(66)35-6-5-34(25-40(35)53-32-11-18-70-19-12-32)60-14-16-61(17-15-60)43(65)10-13-62-27-33(56-59-62)26-52-39-3-1-2-36-44(39)49(69)63(48(36)68)41-8-9-42(64)54-47(41)67/h1-7,21-25,27,32,41,52-53H,8-20,26H2,(H,54,64,67)(H2,55,57,58,66). The molecule has 360 valence electrons. The summed E-state index contributed by atoms with van der Waals surface area (Å²) in [4.78, 5) is 83.3. The number of anilines is 4. The van der Waals surface area contributed by atoms with Gasteiger partial charge in [-0.1, -0.05) is 17.3 Å². The molecular weight excluding hydrogens is 907 g/mol. The highest BCUT2D eigenvalue weighted by molar-refractivity contribution is 6.25. The maximum Gasteiger partial charge on any atom is 0.264 e. The molecule has 3 saturated heterocycles. The fourth-order valence-electron chi connectivity index (χ4n) is 9.46. The van der Waals surface area contributed by atoms with Gasteiger partial charge in [-0.15, -0.1) is 5.10 Å². The fourth-order valence-corrected chi connectivity index (χ4v) is 9.46. The third kappa shape index (κ3) is 9.64. The molecule has 0 aliphatic carbocycles. The van der Waals surface area contributed by atoms with Crippen molar-refractivity contribution in [3.05, 3.63) is 124 Å². The number of fused-ring (bicyclic) bond motifs is 2. The number of rotatable bonds is 14. The molecule has 0 radical (unpaired) electrons. The van der Waals surface area contributed by atoms with Crippen LogP contribution in [0.5, 0.6) is 0 Å². The van der Waals surface area contributed by atoms with Gasteiger partial charge in [-0.2, -0.15) is 5.10 Å². The smallest absolute Gasteiger partial charge is 0.264 e. The Balaban J connectivity index is 0.743. The van der Waals surface area contributed by atoms with Crippen LogP contribution < -0.4 is 26.2 Å². The van der Waals surface area contributed by atoms with Crippen molar-refractivity contribution in [3.8, 4) is 0 Å². The summed E-state index contributed by atoms with van der Waals surface area (Å²) in [5.74, 6) is -3.73. The van der Waals surface area contributed by atoms with E-state index in [-0.39, 0.29) is 67.8 Å². The first-order valence-electron chi connectivity index (χ1n) is 23.2. The molecule has 4 aliphatic heterocycles. The average molecular weight is 955 g/mol. The highest BCUT2D eigenvalue weighted by Crippen LogP contribution is 2.33. The minimum atomic E-state index is -1.07. The monoisotopic (exact) mass is 954 g/mol. The topological polar surface area (TPSA) is 229 Å². The van der Waals surface area contributed by atoms with Crippen molar-refractivity contribution in [2.75, 3.05) is 60.2 Å². The summed E-state index contributed by atoms with van der Waals surface area (Å²) in [6, 6.07) is 18.4. The Kier molecular flexibility index (Phi) is 12.7. The van der Waals surface area contributed by atoms with Gasteiger partial charge >= 0.3 is 0 Å². The largest absolute Gasteiger partial charge is 0.381 e. The number of carbonyl (C=O) groups is 6. The number of nitrogens with one attached hydrogen (secondary N) is 5. The highest BCUT2D eigenvalue weighted by Gasteiger charge is 2.45. The molecule has 19 nitrogen and oxygen atoms in total. The molecule has 0 spiro atoms. The third-order valence-electron chi connectivity index (χ3n) is 13.1. The number of imide groups is 2. The van der Waals surface area contributed by atoms with Crippen molar-refractivity contribution in [2.24, 2.45) is 0 Å². The number of hydrogen-bond donors (Lipinski definition) is 5. The number of aromatic nitrogens is 5. The molecule has 4 aliphatic rings. The number of piperazine rings is 1. The van der Waals surface area contributed by atoms with Gasteiger partial charge in [0.25, 0.3) is 17.7 Å². The van der Waals surface area contributed by atoms with Gasteiger partial charge in [0.1, 0.15) is 23.4 Å². The molecule has 6 heterocycles. The van der Waals surface area contributed by atoms with Crippen LogP contribution in [-0.2, 0) is 38.6 Å². The van der Waals surface area contributed by atoms with Crippen molar-refractivity contribution in [1.82, 2.24) is 40.3 Å². The van der Waals surface area contributed by atoms with Crippen LogP contribution in [0.4, 0.5) is 31.7 Å². The molecule has 10 rings (SSSR count). The summed E-state index contributed by atoms with van der Waals surface area (Å²) >= 11 is 0. The summed E-state index contributed by atoms with van der Waals surface area (Å²) in [6.45, 7) is 3.78. The molecule has 1 atom stereocenters. The number of H-pyrrole nitrogens is 1. The first kappa shape index (κ1) is 45.7. The quantitative estimate of drug-likeness (QED) is 0.0941. The van der Waals surface area contributed by atoms with E-state index >= 15 is 0 Å². The Labute approximate surface area is 398 Å². The van der Waals surface area contributed by atoms with Gasteiger partial charge in [0, 0.05) is 86.8 Å². The molecule has 70 heavy (non-hydrogen) atoms. The summed E-state index contributed by atoms with van der Waals surface area (Å²) in [5, 5.41) is 28.3. The van der Waals surface area contributed by atoms with E-state index in [1.54, 1.807) is 29.1 Å². The molecule has 1 unspecified atom stereocenters. The number of nitrogens with zero attached hydrogens (tertiary/aromatic N) is 7. The lowest BCUT2D eigenvalue weighted by molar-refractivity contribution is -0.136. The SMILES string of the molecule is O=C1CCC(N2C(=O)c3cccc(NCc4cn(CCC(=O)N5CCN(c6ccc(C(=O)Nc7n[nH]c8ccc(Cc9cc(F)cc(F)c9)cc78)c(NC7CCOCC7)c6)CC5)nn4)c3C2=O)C(=O)N1. The Bertz CT molecular complexity index is 3030. The zero-order valence-electron chi connectivity index (χ0n) is 37.8. The molecule has 3 fully saturated rings. The number of aryl methyl sites for hydroxylation is 1. The number of ether oxygens (including phenoxy) is 1. The molecule has 4 aromatic carbocycles. The Hall–Kier alpha value is -8.07.